The molecule has 2 heterocycles. The Morgan fingerprint density at radius 3 is 2.75 bits per heavy atom. The van der Waals surface area contributed by atoms with E-state index in [2.05, 4.69) is 4.98 Å². The summed E-state index contributed by atoms with van der Waals surface area (Å²) >= 11 is 0. The molecular weight excluding hydrogens is 224 g/mol. The van der Waals surface area contributed by atoms with E-state index in [9.17, 15) is 0 Å². The van der Waals surface area contributed by atoms with Crippen LogP contribution in [0.15, 0.2) is 47.1 Å². The molecule has 0 bridgehead atoms. The van der Waals surface area contributed by atoms with Gasteiger partial charge in [0.25, 0.3) is 0 Å². The lowest BCUT2D eigenvalue weighted by molar-refractivity contribution is 0.620. The van der Waals surface area contributed by atoms with Crippen LogP contribution in [0.1, 0.15) is 0 Å². The zero-order valence-corrected chi connectivity index (χ0v) is 9.57. The second-order valence-corrected chi connectivity index (χ2v) is 3.51. The lowest BCUT2D eigenvalue weighted by Crippen LogP contribution is -1.88. The van der Waals surface area contributed by atoms with Gasteiger partial charge in [0.2, 0.25) is 0 Å². The average Bonchev–Trinajstić information content (AvgIpc) is 2.82. The Morgan fingerprint density at radius 2 is 2.06 bits per heavy atom. The van der Waals surface area contributed by atoms with Crippen LogP contribution < -0.4 is 0 Å². The van der Waals surface area contributed by atoms with E-state index in [1.165, 1.54) is 0 Å². The van der Waals surface area contributed by atoms with Gasteiger partial charge in [-0.15, -0.1) is 12.4 Å². The van der Waals surface area contributed by atoms with Crippen LogP contribution in [-0.2, 0) is 7.05 Å². The summed E-state index contributed by atoms with van der Waals surface area (Å²) in [7, 11) is 1.95. The van der Waals surface area contributed by atoms with Crippen LogP contribution in [0.2, 0.25) is 0 Å². The van der Waals surface area contributed by atoms with Gasteiger partial charge in [0.15, 0.2) is 11.6 Å². The Bertz CT molecular complexity index is 579. The quantitative estimate of drug-likeness (QED) is 0.647. The van der Waals surface area contributed by atoms with Gasteiger partial charge in [-0.1, -0.05) is 18.2 Å². The normalized spacial score (nSPS) is 10.3. The number of hydrogen-bond acceptors (Lipinski definition) is 2. The van der Waals surface area contributed by atoms with E-state index in [4.69, 9.17) is 4.42 Å². The Hall–Kier alpha value is -1.74. The molecule has 3 aromatic rings. The van der Waals surface area contributed by atoms with Gasteiger partial charge in [-0.05, 0) is 12.1 Å². The van der Waals surface area contributed by atoms with Crippen molar-refractivity contribution in [2.45, 2.75) is 0 Å². The zero-order valence-electron chi connectivity index (χ0n) is 8.75. The molecule has 0 aliphatic carbocycles. The number of fused-ring (bicyclic) bond motifs is 1. The fraction of sp³-hybridized carbons (Fsp3) is 0.0833. The van der Waals surface area contributed by atoms with Gasteiger partial charge in [-0.2, -0.15) is 0 Å². The van der Waals surface area contributed by atoms with Gasteiger partial charge < -0.3 is 8.98 Å². The highest BCUT2D eigenvalue weighted by Crippen LogP contribution is 2.25. The van der Waals surface area contributed by atoms with Crippen molar-refractivity contribution in [1.82, 2.24) is 9.55 Å². The molecule has 3 nitrogen and oxygen atoms in total. The summed E-state index contributed by atoms with van der Waals surface area (Å²) in [5.74, 6) is 1.66. The SMILES string of the molecule is Cl.Cn1ccnc1-c1cc2ccccc2o1. The Morgan fingerprint density at radius 1 is 1.25 bits per heavy atom. The third-order valence-corrected chi connectivity index (χ3v) is 2.47. The van der Waals surface area contributed by atoms with Gasteiger partial charge in [-0.3, -0.25) is 0 Å². The number of nitrogens with zero attached hydrogens (tertiary/aromatic N) is 2. The van der Waals surface area contributed by atoms with Crippen molar-refractivity contribution in [3.8, 4) is 11.6 Å². The molecule has 0 spiro atoms. The molecule has 3 rings (SSSR count). The summed E-state index contributed by atoms with van der Waals surface area (Å²) in [5.41, 5.74) is 0.899. The predicted molar refractivity (Wildman–Crippen MR) is 65.7 cm³/mol. The van der Waals surface area contributed by atoms with Crippen LogP contribution in [-0.4, -0.2) is 9.55 Å². The first-order valence-electron chi connectivity index (χ1n) is 4.81. The van der Waals surface area contributed by atoms with Crippen LogP contribution in [0.3, 0.4) is 0 Å². The zero-order chi connectivity index (χ0) is 10.3. The van der Waals surface area contributed by atoms with Crippen LogP contribution in [0, 0.1) is 0 Å². The van der Waals surface area contributed by atoms with Gasteiger partial charge in [0.05, 0.1) is 0 Å². The van der Waals surface area contributed by atoms with E-state index >= 15 is 0 Å². The number of para-hydroxylation sites is 1. The summed E-state index contributed by atoms with van der Waals surface area (Å²) in [4.78, 5) is 4.25. The summed E-state index contributed by atoms with van der Waals surface area (Å²) in [5, 5.41) is 1.11. The standard InChI is InChI=1S/C12H10N2O.ClH/c1-14-7-6-13-12(14)11-8-9-4-2-3-5-10(9)15-11;/h2-8H,1H3;1H. The van der Waals surface area contributed by atoms with Crippen LogP contribution in [0.5, 0.6) is 0 Å². The number of aryl methyl sites for hydroxylation is 1. The molecule has 0 fully saturated rings. The van der Waals surface area contributed by atoms with Crippen LogP contribution >= 0.6 is 12.4 Å². The largest absolute Gasteiger partial charge is 0.453 e. The second-order valence-electron chi connectivity index (χ2n) is 3.51. The molecule has 0 unspecified atom stereocenters. The predicted octanol–water partition coefficient (Wildman–Crippen LogP) is 3.26. The molecule has 4 heteroatoms. The Kier molecular flexibility index (Phi) is 2.71. The van der Waals surface area contributed by atoms with Crippen molar-refractivity contribution >= 4 is 23.4 Å². The van der Waals surface area contributed by atoms with Crippen molar-refractivity contribution in [3.05, 3.63) is 42.7 Å². The number of hydrogen-bond donors (Lipinski definition) is 0. The molecule has 82 valence electrons. The van der Waals surface area contributed by atoms with E-state index in [0.717, 1.165) is 22.6 Å². The second kappa shape index (κ2) is 4.02. The van der Waals surface area contributed by atoms with Gasteiger partial charge >= 0.3 is 0 Å². The van der Waals surface area contributed by atoms with Crippen molar-refractivity contribution in [3.63, 3.8) is 0 Å². The number of imidazole rings is 1. The molecule has 2 aromatic heterocycles. The fourth-order valence-corrected chi connectivity index (χ4v) is 1.70. The molecule has 0 atom stereocenters. The van der Waals surface area contributed by atoms with E-state index in [1.807, 2.05) is 48.1 Å². The molecule has 0 amide bonds. The number of benzene rings is 1. The molecule has 16 heavy (non-hydrogen) atoms. The highest BCUT2D eigenvalue weighted by molar-refractivity contribution is 5.85. The van der Waals surface area contributed by atoms with Crippen molar-refractivity contribution in [1.29, 1.82) is 0 Å². The molecule has 0 radical (unpaired) electrons. The first-order chi connectivity index (χ1) is 7.34. The number of halogens is 1. The van der Waals surface area contributed by atoms with Gasteiger partial charge in [-0.25, -0.2) is 4.98 Å². The minimum Gasteiger partial charge on any atom is -0.453 e. The van der Waals surface area contributed by atoms with Crippen molar-refractivity contribution < 1.29 is 4.42 Å². The smallest absolute Gasteiger partial charge is 0.175 e. The Labute approximate surface area is 99.1 Å². The number of furan rings is 1. The highest BCUT2D eigenvalue weighted by atomic mass is 35.5. The maximum Gasteiger partial charge on any atom is 0.175 e. The van der Waals surface area contributed by atoms with E-state index in [0.29, 0.717) is 0 Å². The van der Waals surface area contributed by atoms with E-state index in [-0.39, 0.29) is 12.4 Å². The molecule has 0 saturated carbocycles. The first-order valence-corrected chi connectivity index (χ1v) is 4.81. The Balaban J connectivity index is 0.000000963. The molecular formula is C12H11ClN2O. The highest BCUT2D eigenvalue weighted by Gasteiger charge is 2.08. The average molecular weight is 235 g/mol. The number of aromatic nitrogens is 2. The summed E-state index contributed by atoms with van der Waals surface area (Å²) < 4.78 is 7.65. The van der Waals surface area contributed by atoms with E-state index in [1.54, 1.807) is 6.20 Å². The van der Waals surface area contributed by atoms with Crippen LogP contribution in [0.4, 0.5) is 0 Å². The third kappa shape index (κ3) is 1.59. The maximum absolute atomic E-state index is 5.71. The molecule has 0 N–H and O–H groups in total. The van der Waals surface area contributed by atoms with Gasteiger partial charge in [0.1, 0.15) is 5.58 Å². The molecule has 0 aliphatic rings. The first kappa shape index (κ1) is 10.8. The maximum atomic E-state index is 5.71. The summed E-state index contributed by atoms with van der Waals surface area (Å²) in [6.07, 6.45) is 3.67. The summed E-state index contributed by atoms with van der Waals surface area (Å²) in [6.45, 7) is 0. The fourth-order valence-electron chi connectivity index (χ4n) is 1.70. The van der Waals surface area contributed by atoms with Crippen molar-refractivity contribution in [2.24, 2.45) is 7.05 Å². The lowest BCUT2D eigenvalue weighted by Gasteiger charge is -1.95. The topological polar surface area (TPSA) is 31.0 Å². The summed E-state index contributed by atoms with van der Waals surface area (Å²) in [6, 6.07) is 9.97. The minimum absolute atomic E-state index is 0. The minimum atomic E-state index is 0. The van der Waals surface area contributed by atoms with E-state index < -0.39 is 0 Å². The molecule has 0 saturated heterocycles. The molecule has 0 aliphatic heterocycles. The van der Waals surface area contributed by atoms with Crippen molar-refractivity contribution in [2.75, 3.05) is 0 Å². The van der Waals surface area contributed by atoms with Crippen LogP contribution in [0.25, 0.3) is 22.6 Å². The third-order valence-electron chi connectivity index (χ3n) is 2.47. The monoisotopic (exact) mass is 234 g/mol. The van der Waals surface area contributed by atoms with Gasteiger partial charge in [0, 0.05) is 24.8 Å². The number of rotatable bonds is 1. The molecule has 1 aromatic carbocycles. The lowest BCUT2D eigenvalue weighted by atomic mass is 10.2.